The highest BCUT2D eigenvalue weighted by Gasteiger charge is 2.25. The average molecular weight is 316 g/mol. The van der Waals surface area contributed by atoms with Crippen LogP contribution in [-0.4, -0.2) is 51.6 Å². The largest absolute Gasteiger partial charge is 0.361 e. The van der Waals surface area contributed by atoms with E-state index in [4.69, 9.17) is 4.52 Å². The van der Waals surface area contributed by atoms with Crippen LogP contribution in [0.15, 0.2) is 16.7 Å². The molecule has 1 aliphatic heterocycles. The maximum absolute atomic E-state index is 12.6. The molecule has 2 aromatic heterocycles. The van der Waals surface area contributed by atoms with Gasteiger partial charge in [0.05, 0.1) is 5.69 Å². The van der Waals surface area contributed by atoms with Gasteiger partial charge >= 0.3 is 0 Å². The molecule has 0 radical (unpaired) electrons. The summed E-state index contributed by atoms with van der Waals surface area (Å²) in [4.78, 5) is 16.9. The Bertz CT molecular complexity index is 689. The van der Waals surface area contributed by atoms with E-state index in [0.29, 0.717) is 0 Å². The SMILES string of the molecule is Cc1noc(C)c1CN1CCN(C(=O)c2ccc(C)n2C)CC1. The second-order valence-corrected chi connectivity index (χ2v) is 6.29. The number of aryl methyl sites for hydroxylation is 3. The number of piperazine rings is 1. The minimum absolute atomic E-state index is 0.123. The molecule has 0 unspecified atom stereocenters. The van der Waals surface area contributed by atoms with Crippen molar-refractivity contribution < 1.29 is 9.32 Å². The van der Waals surface area contributed by atoms with Gasteiger partial charge in [-0.3, -0.25) is 9.69 Å². The van der Waals surface area contributed by atoms with Crippen molar-refractivity contribution in [3.63, 3.8) is 0 Å². The smallest absolute Gasteiger partial charge is 0.270 e. The first-order valence-corrected chi connectivity index (χ1v) is 8.03. The lowest BCUT2D eigenvalue weighted by molar-refractivity contribution is 0.0618. The van der Waals surface area contributed by atoms with E-state index in [1.807, 2.05) is 49.4 Å². The molecule has 2 aromatic rings. The number of hydrogen-bond donors (Lipinski definition) is 0. The predicted molar refractivity (Wildman–Crippen MR) is 87.3 cm³/mol. The fourth-order valence-electron chi connectivity index (χ4n) is 3.05. The minimum atomic E-state index is 0.123. The van der Waals surface area contributed by atoms with Gasteiger partial charge < -0.3 is 14.0 Å². The fourth-order valence-corrected chi connectivity index (χ4v) is 3.05. The normalized spacial score (nSPS) is 16.1. The standard InChI is InChI=1S/C17H24N4O2/c1-12-5-6-16(19(12)4)17(22)21-9-7-20(8-10-21)11-15-13(2)18-23-14(15)3/h5-6H,7-11H2,1-4H3. The number of nitrogens with zero attached hydrogens (tertiary/aromatic N) is 4. The molecule has 6 nitrogen and oxygen atoms in total. The Kier molecular flexibility index (Phi) is 4.26. The summed E-state index contributed by atoms with van der Waals surface area (Å²) in [6, 6.07) is 3.90. The third-order valence-electron chi connectivity index (χ3n) is 4.81. The summed E-state index contributed by atoms with van der Waals surface area (Å²) in [7, 11) is 1.94. The van der Waals surface area contributed by atoms with Gasteiger partial charge in [-0.15, -0.1) is 0 Å². The molecule has 124 valence electrons. The maximum Gasteiger partial charge on any atom is 0.270 e. The van der Waals surface area contributed by atoms with Crippen LogP contribution in [0.2, 0.25) is 0 Å². The Balaban J connectivity index is 1.60. The van der Waals surface area contributed by atoms with Gasteiger partial charge in [-0.2, -0.15) is 0 Å². The zero-order valence-corrected chi connectivity index (χ0v) is 14.3. The number of rotatable bonds is 3. The van der Waals surface area contributed by atoms with Gasteiger partial charge in [-0.05, 0) is 32.9 Å². The number of hydrogen-bond acceptors (Lipinski definition) is 4. The van der Waals surface area contributed by atoms with E-state index in [2.05, 4.69) is 10.1 Å². The molecule has 6 heteroatoms. The van der Waals surface area contributed by atoms with Crippen molar-refractivity contribution in [3.8, 4) is 0 Å². The second kappa shape index (κ2) is 6.20. The molecule has 23 heavy (non-hydrogen) atoms. The van der Waals surface area contributed by atoms with E-state index in [0.717, 1.165) is 55.6 Å². The lowest BCUT2D eigenvalue weighted by Crippen LogP contribution is -2.48. The topological polar surface area (TPSA) is 54.5 Å². The Labute approximate surface area is 136 Å². The molecule has 3 heterocycles. The van der Waals surface area contributed by atoms with Crippen LogP contribution in [0.5, 0.6) is 0 Å². The molecule has 0 aliphatic carbocycles. The van der Waals surface area contributed by atoms with Crippen LogP contribution in [0, 0.1) is 20.8 Å². The molecule has 3 rings (SSSR count). The lowest BCUT2D eigenvalue weighted by Gasteiger charge is -2.34. The quantitative estimate of drug-likeness (QED) is 0.868. The van der Waals surface area contributed by atoms with Crippen LogP contribution >= 0.6 is 0 Å². The Morgan fingerprint density at radius 3 is 2.39 bits per heavy atom. The molecule has 1 saturated heterocycles. The summed E-state index contributed by atoms with van der Waals surface area (Å²) in [5.74, 6) is 1.01. The molecule has 1 fully saturated rings. The van der Waals surface area contributed by atoms with Crippen molar-refractivity contribution in [2.45, 2.75) is 27.3 Å². The molecule has 0 N–H and O–H groups in total. The van der Waals surface area contributed by atoms with Gasteiger partial charge in [0.2, 0.25) is 0 Å². The van der Waals surface area contributed by atoms with Crippen molar-refractivity contribution in [2.24, 2.45) is 7.05 Å². The number of aromatic nitrogens is 2. The van der Waals surface area contributed by atoms with E-state index in [1.54, 1.807) is 0 Å². The number of amides is 1. The van der Waals surface area contributed by atoms with Crippen LogP contribution in [0.25, 0.3) is 0 Å². The fraction of sp³-hybridized carbons (Fsp3) is 0.529. The summed E-state index contributed by atoms with van der Waals surface area (Å²) in [5.41, 5.74) is 4.00. The molecule has 1 aliphatic rings. The summed E-state index contributed by atoms with van der Waals surface area (Å²) in [6.45, 7) is 10.0. The molecule has 0 bridgehead atoms. The summed E-state index contributed by atoms with van der Waals surface area (Å²) in [5, 5.41) is 4.01. The molecule has 0 spiro atoms. The summed E-state index contributed by atoms with van der Waals surface area (Å²) >= 11 is 0. The van der Waals surface area contributed by atoms with E-state index >= 15 is 0 Å². The van der Waals surface area contributed by atoms with Gasteiger partial charge in [0.1, 0.15) is 11.5 Å². The first-order valence-electron chi connectivity index (χ1n) is 8.03. The van der Waals surface area contributed by atoms with Gasteiger partial charge in [-0.1, -0.05) is 5.16 Å². The molecule has 0 atom stereocenters. The van der Waals surface area contributed by atoms with E-state index in [1.165, 1.54) is 5.56 Å². The van der Waals surface area contributed by atoms with Crippen molar-refractivity contribution in [1.29, 1.82) is 0 Å². The summed E-state index contributed by atoms with van der Waals surface area (Å²) < 4.78 is 7.18. The van der Waals surface area contributed by atoms with Gasteiger partial charge in [0, 0.05) is 51.0 Å². The van der Waals surface area contributed by atoms with Crippen LogP contribution in [0.3, 0.4) is 0 Å². The minimum Gasteiger partial charge on any atom is -0.361 e. The lowest BCUT2D eigenvalue weighted by atomic mass is 10.1. The van der Waals surface area contributed by atoms with Gasteiger partial charge in [0.25, 0.3) is 5.91 Å². The highest BCUT2D eigenvalue weighted by molar-refractivity contribution is 5.93. The third kappa shape index (κ3) is 3.03. The van der Waals surface area contributed by atoms with Crippen LogP contribution < -0.4 is 0 Å². The van der Waals surface area contributed by atoms with E-state index in [9.17, 15) is 4.79 Å². The highest BCUT2D eigenvalue weighted by Crippen LogP contribution is 2.17. The first-order chi connectivity index (χ1) is 11.0. The molecule has 1 amide bonds. The molecular formula is C17H24N4O2. The first kappa shape index (κ1) is 15.8. The van der Waals surface area contributed by atoms with E-state index in [-0.39, 0.29) is 5.91 Å². The van der Waals surface area contributed by atoms with E-state index < -0.39 is 0 Å². The van der Waals surface area contributed by atoms with Crippen molar-refractivity contribution >= 4 is 5.91 Å². The maximum atomic E-state index is 12.6. The zero-order valence-electron chi connectivity index (χ0n) is 14.3. The van der Waals surface area contributed by atoms with Crippen LogP contribution in [0.1, 0.15) is 33.2 Å². The van der Waals surface area contributed by atoms with Crippen molar-refractivity contribution in [1.82, 2.24) is 19.5 Å². The number of carbonyl (C=O) groups is 1. The Morgan fingerprint density at radius 1 is 1.17 bits per heavy atom. The molecular weight excluding hydrogens is 292 g/mol. The second-order valence-electron chi connectivity index (χ2n) is 6.29. The van der Waals surface area contributed by atoms with Crippen molar-refractivity contribution in [2.75, 3.05) is 26.2 Å². The Hall–Kier alpha value is -2.08. The highest BCUT2D eigenvalue weighted by atomic mass is 16.5. The monoisotopic (exact) mass is 316 g/mol. The summed E-state index contributed by atoms with van der Waals surface area (Å²) in [6.07, 6.45) is 0. The predicted octanol–water partition coefficient (Wildman–Crippen LogP) is 1.90. The Morgan fingerprint density at radius 2 is 1.87 bits per heavy atom. The average Bonchev–Trinajstić information content (AvgIpc) is 3.04. The third-order valence-corrected chi connectivity index (χ3v) is 4.81. The zero-order chi connectivity index (χ0) is 16.6. The van der Waals surface area contributed by atoms with Crippen LogP contribution in [0.4, 0.5) is 0 Å². The van der Waals surface area contributed by atoms with Gasteiger partial charge in [0.15, 0.2) is 0 Å². The molecule has 0 aromatic carbocycles. The van der Waals surface area contributed by atoms with Crippen LogP contribution in [-0.2, 0) is 13.6 Å². The number of carbonyl (C=O) groups excluding carboxylic acids is 1. The van der Waals surface area contributed by atoms with Gasteiger partial charge in [-0.25, -0.2) is 0 Å². The molecule has 0 saturated carbocycles. The van der Waals surface area contributed by atoms with Crippen molar-refractivity contribution in [3.05, 3.63) is 40.5 Å².